The van der Waals surface area contributed by atoms with Gasteiger partial charge in [-0.05, 0) is 47.2 Å². The number of nitrogens with one attached hydrogen (secondary N) is 2. The molecule has 4 nitrogen and oxygen atoms in total. The summed E-state index contributed by atoms with van der Waals surface area (Å²) in [7, 11) is 0. The zero-order valence-electron chi connectivity index (χ0n) is 12.7. The second-order valence-corrected chi connectivity index (χ2v) is 5.27. The molecule has 2 amide bonds. The van der Waals surface area contributed by atoms with Crippen LogP contribution in [-0.4, -0.2) is 11.8 Å². The Morgan fingerprint density at radius 3 is 2.09 bits per heavy atom. The van der Waals surface area contributed by atoms with Gasteiger partial charge in [0.25, 0.3) is 5.91 Å². The molecule has 0 aliphatic carbocycles. The number of carbonyl (C=O) groups excluding carboxylic acids is 2. The molecule has 2 N–H and O–H groups in total. The van der Waals surface area contributed by atoms with Crippen molar-refractivity contribution in [3.63, 3.8) is 0 Å². The predicted molar refractivity (Wildman–Crippen MR) is 92.6 cm³/mol. The van der Waals surface area contributed by atoms with E-state index in [1.165, 1.54) is 6.92 Å². The molecule has 114 valence electrons. The zero-order chi connectivity index (χ0) is 16.2. The van der Waals surface area contributed by atoms with Gasteiger partial charge in [0.1, 0.15) is 0 Å². The van der Waals surface area contributed by atoms with Crippen molar-refractivity contribution in [1.29, 1.82) is 0 Å². The maximum Gasteiger partial charge on any atom is 0.255 e. The number of anilines is 2. The summed E-state index contributed by atoms with van der Waals surface area (Å²) in [6.07, 6.45) is 0. The van der Waals surface area contributed by atoms with Crippen LogP contribution in [-0.2, 0) is 4.79 Å². The average Bonchev–Trinajstić information content (AvgIpc) is 2.55. The molecular weight excluding hydrogens is 288 g/mol. The van der Waals surface area contributed by atoms with Gasteiger partial charge in [-0.15, -0.1) is 0 Å². The summed E-state index contributed by atoms with van der Waals surface area (Å²) in [5, 5.41) is 7.76. The van der Waals surface area contributed by atoms with Gasteiger partial charge in [0, 0.05) is 23.9 Å². The first kappa shape index (κ1) is 14.8. The molecule has 23 heavy (non-hydrogen) atoms. The number of hydrogen-bond donors (Lipinski definition) is 2. The molecule has 3 aromatic rings. The van der Waals surface area contributed by atoms with Crippen molar-refractivity contribution in [1.82, 2.24) is 0 Å². The number of amides is 2. The highest BCUT2D eigenvalue weighted by Gasteiger charge is 2.07. The highest BCUT2D eigenvalue weighted by molar-refractivity contribution is 6.05. The van der Waals surface area contributed by atoms with Gasteiger partial charge in [-0.1, -0.05) is 30.3 Å². The van der Waals surface area contributed by atoms with Gasteiger partial charge in [-0.25, -0.2) is 0 Å². The smallest absolute Gasteiger partial charge is 0.255 e. The van der Waals surface area contributed by atoms with Crippen LogP contribution in [0.4, 0.5) is 11.4 Å². The highest BCUT2D eigenvalue weighted by Crippen LogP contribution is 2.19. The lowest BCUT2D eigenvalue weighted by atomic mass is 10.1. The quantitative estimate of drug-likeness (QED) is 0.767. The van der Waals surface area contributed by atoms with Crippen LogP contribution in [0.1, 0.15) is 17.3 Å². The van der Waals surface area contributed by atoms with Gasteiger partial charge >= 0.3 is 0 Å². The lowest BCUT2D eigenvalue weighted by molar-refractivity contribution is -0.114. The Hall–Kier alpha value is -3.14. The van der Waals surface area contributed by atoms with Gasteiger partial charge in [0.2, 0.25) is 5.91 Å². The van der Waals surface area contributed by atoms with E-state index in [9.17, 15) is 9.59 Å². The van der Waals surface area contributed by atoms with E-state index in [2.05, 4.69) is 10.6 Å². The summed E-state index contributed by atoms with van der Waals surface area (Å²) < 4.78 is 0. The minimum absolute atomic E-state index is 0.140. The SMILES string of the molecule is CC(=O)Nc1ccc(C(=O)Nc2ccc3ccccc3c2)cc1. The molecule has 0 radical (unpaired) electrons. The molecule has 3 rings (SSSR count). The monoisotopic (exact) mass is 304 g/mol. The molecule has 0 aromatic heterocycles. The Kier molecular flexibility index (Phi) is 4.06. The third-order valence-corrected chi connectivity index (χ3v) is 3.47. The molecule has 0 saturated heterocycles. The van der Waals surface area contributed by atoms with Gasteiger partial charge in [-0.3, -0.25) is 9.59 Å². The van der Waals surface area contributed by atoms with E-state index in [0.717, 1.165) is 16.5 Å². The molecule has 0 aliphatic rings. The maximum absolute atomic E-state index is 12.3. The van der Waals surface area contributed by atoms with Crippen molar-refractivity contribution in [2.75, 3.05) is 10.6 Å². The van der Waals surface area contributed by atoms with Gasteiger partial charge < -0.3 is 10.6 Å². The van der Waals surface area contributed by atoms with Crippen LogP contribution in [0.15, 0.2) is 66.7 Å². The molecule has 0 fully saturated rings. The first-order valence-corrected chi connectivity index (χ1v) is 7.29. The molecule has 0 saturated carbocycles. The Morgan fingerprint density at radius 2 is 1.39 bits per heavy atom. The molecule has 0 spiro atoms. The molecule has 4 heteroatoms. The minimum atomic E-state index is -0.186. The van der Waals surface area contributed by atoms with Crippen molar-refractivity contribution in [3.8, 4) is 0 Å². The standard InChI is InChI=1S/C19H16N2O2/c1-13(22)20-17-9-7-15(8-10-17)19(23)21-18-11-6-14-4-2-3-5-16(14)12-18/h2-12H,1H3,(H,20,22)(H,21,23). The third-order valence-electron chi connectivity index (χ3n) is 3.47. The molecule has 0 bridgehead atoms. The molecular formula is C19H16N2O2. The number of carbonyl (C=O) groups is 2. The van der Waals surface area contributed by atoms with Crippen LogP contribution in [0.5, 0.6) is 0 Å². The Morgan fingerprint density at radius 1 is 0.739 bits per heavy atom. The third kappa shape index (κ3) is 3.55. The van der Waals surface area contributed by atoms with Gasteiger partial charge in [0.15, 0.2) is 0 Å². The van der Waals surface area contributed by atoms with E-state index < -0.39 is 0 Å². The number of benzene rings is 3. The Bertz CT molecular complexity index is 870. The fourth-order valence-corrected chi connectivity index (χ4v) is 2.38. The molecule has 3 aromatic carbocycles. The van der Waals surface area contributed by atoms with Crippen LogP contribution in [0.25, 0.3) is 10.8 Å². The van der Waals surface area contributed by atoms with E-state index in [1.54, 1.807) is 24.3 Å². The summed E-state index contributed by atoms with van der Waals surface area (Å²) in [6, 6.07) is 20.6. The maximum atomic E-state index is 12.3. The second kappa shape index (κ2) is 6.32. The number of fused-ring (bicyclic) bond motifs is 1. The van der Waals surface area contributed by atoms with E-state index >= 15 is 0 Å². The first-order chi connectivity index (χ1) is 11.1. The fourth-order valence-electron chi connectivity index (χ4n) is 2.38. The van der Waals surface area contributed by atoms with Crippen molar-refractivity contribution >= 4 is 34.0 Å². The van der Waals surface area contributed by atoms with Crippen molar-refractivity contribution in [2.24, 2.45) is 0 Å². The van der Waals surface area contributed by atoms with Crippen LogP contribution < -0.4 is 10.6 Å². The van der Waals surface area contributed by atoms with Crippen molar-refractivity contribution in [3.05, 3.63) is 72.3 Å². The highest BCUT2D eigenvalue weighted by atomic mass is 16.2. The normalized spacial score (nSPS) is 10.3. The van der Waals surface area contributed by atoms with Gasteiger partial charge in [-0.2, -0.15) is 0 Å². The Balaban J connectivity index is 1.76. The lowest BCUT2D eigenvalue weighted by Crippen LogP contribution is -2.12. The zero-order valence-corrected chi connectivity index (χ0v) is 12.7. The number of rotatable bonds is 3. The summed E-state index contributed by atoms with van der Waals surface area (Å²) in [4.78, 5) is 23.3. The van der Waals surface area contributed by atoms with Crippen LogP contribution in [0.3, 0.4) is 0 Å². The van der Waals surface area contributed by atoms with Crippen LogP contribution >= 0.6 is 0 Å². The topological polar surface area (TPSA) is 58.2 Å². The lowest BCUT2D eigenvalue weighted by Gasteiger charge is -2.08. The molecule has 0 aliphatic heterocycles. The molecule has 0 heterocycles. The summed E-state index contributed by atoms with van der Waals surface area (Å²) in [5.41, 5.74) is 1.95. The van der Waals surface area contributed by atoms with Crippen molar-refractivity contribution in [2.45, 2.75) is 6.92 Å². The summed E-state index contributed by atoms with van der Waals surface area (Å²) in [5.74, 6) is -0.326. The van der Waals surface area contributed by atoms with E-state index in [1.807, 2.05) is 42.5 Å². The van der Waals surface area contributed by atoms with E-state index in [-0.39, 0.29) is 11.8 Å². The Labute approximate surface area is 134 Å². The molecule has 0 atom stereocenters. The minimum Gasteiger partial charge on any atom is -0.326 e. The van der Waals surface area contributed by atoms with Crippen molar-refractivity contribution < 1.29 is 9.59 Å². The summed E-state index contributed by atoms with van der Waals surface area (Å²) in [6.45, 7) is 1.44. The average molecular weight is 304 g/mol. The first-order valence-electron chi connectivity index (χ1n) is 7.29. The van der Waals surface area contributed by atoms with Crippen LogP contribution in [0.2, 0.25) is 0 Å². The van der Waals surface area contributed by atoms with E-state index in [4.69, 9.17) is 0 Å². The number of hydrogen-bond acceptors (Lipinski definition) is 2. The molecule has 0 unspecified atom stereocenters. The summed E-state index contributed by atoms with van der Waals surface area (Å²) >= 11 is 0. The fraction of sp³-hybridized carbons (Fsp3) is 0.0526. The predicted octanol–water partition coefficient (Wildman–Crippen LogP) is 4.05. The second-order valence-electron chi connectivity index (χ2n) is 5.27. The van der Waals surface area contributed by atoms with E-state index in [0.29, 0.717) is 11.3 Å². The van der Waals surface area contributed by atoms with Gasteiger partial charge in [0.05, 0.1) is 0 Å². The largest absolute Gasteiger partial charge is 0.326 e. The van der Waals surface area contributed by atoms with Crippen LogP contribution in [0, 0.1) is 0 Å².